The number of amides is 1. The number of benzene rings is 2. The minimum absolute atomic E-state index is 0.182. The van der Waals surface area contributed by atoms with Crippen LogP contribution < -0.4 is 14.8 Å². The molecule has 7 heteroatoms. The molecule has 0 atom stereocenters. The number of rotatable bonds is 5. The molecule has 130 valence electrons. The Hall–Kier alpha value is -2.37. The quantitative estimate of drug-likeness (QED) is 0.677. The first kappa shape index (κ1) is 17.5. The molecular formula is C18H16Cl2N2O3. The third-order valence-corrected chi connectivity index (χ3v) is 4.36. The normalized spacial score (nSPS) is 10.7. The van der Waals surface area contributed by atoms with Crippen LogP contribution in [0.4, 0.5) is 5.69 Å². The summed E-state index contributed by atoms with van der Waals surface area (Å²) in [5.41, 5.74) is 2.27. The largest absolute Gasteiger partial charge is 0.495 e. The van der Waals surface area contributed by atoms with Crippen molar-refractivity contribution in [2.24, 2.45) is 0 Å². The zero-order valence-corrected chi connectivity index (χ0v) is 15.2. The topological polar surface area (TPSA) is 63.3 Å². The third-order valence-electron chi connectivity index (χ3n) is 3.83. The van der Waals surface area contributed by atoms with Crippen LogP contribution in [0.2, 0.25) is 10.0 Å². The molecule has 2 N–H and O–H groups in total. The Morgan fingerprint density at radius 3 is 2.60 bits per heavy atom. The number of carbonyl (C=O) groups excluding carboxylic acids is 1. The predicted molar refractivity (Wildman–Crippen MR) is 100 cm³/mol. The molecule has 0 spiro atoms. The highest BCUT2D eigenvalue weighted by Crippen LogP contribution is 2.36. The smallest absolute Gasteiger partial charge is 0.228 e. The van der Waals surface area contributed by atoms with Crippen molar-refractivity contribution in [1.82, 2.24) is 4.98 Å². The van der Waals surface area contributed by atoms with Crippen molar-refractivity contribution in [3.63, 3.8) is 0 Å². The lowest BCUT2D eigenvalue weighted by Crippen LogP contribution is -2.15. The maximum atomic E-state index is 12.5. The number of fused-ring (bicyclic) bond motifs is 1. The van der Waals surface area contributed by atoms with E-state index in [9.17, 15) is 4.79 Å². The molecule has 2 aromatic carbocycles. The van der Waals surface area contributed by atoms with E-state index in [-0.39, 0.29) is 12.3 Å². The Kier molecular flexibility index (Phi) is 5.06. The van der Waals surface area contributed by atoms with E-state index in [2.05, 4.69) is 10.3 Å². The second kappa shape index (κ2) is 7.25. The van der Waals surface area contributed by atoms with Crippen LogP contribution in [0.3, 0.4) is 0 Å². The van der Waals surface area contributed by atoms with Crippen LogP contribution in [0.25, 0.3) is 10.9 Å². The monoisotopic (exact) mass is 378 g/mol. The summed E-state index contributed by atoms with van der Waals surface area (Å²) in [4.78, 5) is 15.6. The fraction of sp³-hybridized carbons (Fsp3) is 0.167. The second-order valence-corrected chi connectivity index (χ2v) is 6.26. The second-order valence-electron chi connectivity index (χ2n) is 5.42. The summed E-state index contributed by atoms with van der Waals surface area (Å²) in [6, 6.07) is 8.75. The van der Waals surface area contributed by atoms with E-state index in [4.69, 9.17) is 32.7 Å². The standard InChI is InChI=1S/C18H16Cl2N2O3/c1-24-16-8-15(17(25-2)7-13(16)20)22-18(23)5-10-9-21-14-6-11(19)3-4-12(10)14/h3-4,6-9,21H,5H2,1-2H3,(H,22,23). The zero-order valence-electron chi connectivity index (χ0n) is 13.7. The molecule has 0 radical (unpaired) electrons. The first-order valence-corrected chi connectivity index (χ1v) is 8.24. The van der Waals surface area contributed by atoms with Gasteiger partial charge in [-0.05, 0) is 17.7 Å². The summed E-state index contributed by atoms with van der Waals surface area (Å²) in [7, 11) is 3.02. The first-order valence-electron chi connectivity index (χ1n) is 7.48. The van der Waals surface area contributed by atoms with Gasteiger partial charge in [0, 0.05) is 34.3 Å². The van der Waals surface area contributed by atoms with Gasteiger partial charge in [0.05, 0.1) is 31.4 Å². The number of methoxy groups -OCH3 is 2. The van der Waals surface area contributed by atoms with Crippen LogP contribution in [0.5, 0.6) is 11.5 Å². The first-order chi connectivity index (χ1) is 12.0. The van der Waals surface area contributed by atoms with Gasteiger partial charge in [0.2, 0.25) is 5.91 Å². The SMILES string of the molecule is COc1cc(NC(=O)Cc2c[nH]c3cc(Cl)ccc23)c(OC)cc1Cl. The van der Waals surface area contributed by atoms with Crippen molar-refractivity contribution in [1.29, 1.82) is 0 Å². The molecule has 1 amide bonds. The predicted octanol–water partition coefficient (Wildman–Crippen LogP) is 4.67. The molecule has 0 aliphatic rings. The lowest BCUT2D eigenvalue weighted by atomic mass is 10.1. The van der Waals surface area contributed by atoms with E-state index in [1.165, 1.54) is 14.2 Å². The van der Waals surface area contributed by atoms with E-state index in [1.54, 1.807) is 24.4 Å². The highest BCUT2D eigenvalue weighted by molar-refractivity contribution is 6.32. The molecule has 0 saturated heterocycles. The number of anilines is 1. The van der Waals surface area contributed by atoms with Crippen molar-refractivity contribution in [3.05, 3.63) is 52.1 Å². The van der Waals surface area contributed by atoms with Gasteiger partial charge in [-0.3, -0.25) is 4.79 Å². The fourth-order valence-corrected chi connectivity index (χ4v) is 3.03. The van der Waals surface area contributed by atoms with E-state index in [0.29, 0.717) is 27.2 Å². The number of nitrogens with one attached hydrogen (secondary N) is 2. The molecule has 3 aromatic rings. The number of carbonyl (C=O) groups is 1. The average molecular weight is 379 g/mol. The molecule has 3 rings (SSSR count). The highest BCUT2D eigenvalue weighted by Gasteiger charge is 2.14. The molecule has 25 heavy (non-hydrogen) atoms. The maximum absolute atomic E-state index is 12.5. The summed E-state index contributed by atoms with van der Waals surface area (Å²) in [5.74, 6) is 0.739. The van der Waals surface area contributed by atoms with E-state index in [1.807, 2.05) is 12.1 Å². The molecule has 0 aliphatic carbocycles. The number of ether oxygens (including phenoxy) is 2. The van der Waals surface area contributed by atoms with Crippen LogP contribution in [-0.2, 0) is 11.2 Å². The van der Waals surface area contributed by atoms with Gasteiger partial charge < -0.3 is 19.8 Å². The van der Waals surface area contributed by atoms with Gasteiger partial charge in [0.25, 0.3) is 0 Å². The zero-order chi connectivity index (χ0) is 18.0. The van der Waals surface area contributed by atoms with Crippen LogP contribution in [0, 0.1) is 0 Å². The fourth-order valence-electron chi connectivity index (χ4n) is 2.63. The molecule has 0 bridgehead atoms. The van der Waals surface area contributed by atoms with Crippen molar-refractivity contribution in [2.45, 2.75) is 6.42 Å². The molecule has 0 aliphatic heterocycles. The summed E-state index contributed by atoms with van der Waals surface area (Å²) in [5, 5.41) is 4.84. The molecule has 0 unspecified atom stereocenters. The lowest BCUT2D eigenvalue weighted by Gasteiger charge is -2.13. The van der Waals surface area contributed by atoms with E-state index in [0.717, 1.165) is 16.5 Å². The van der Waals surface area contributed by atoms with E-state index < -0.39 is 0 Å². The van der Waals surface area contributed by atoms with Gasteiger partial charge in [-0.15, -0.1) is 0 Å². The molecule has 5 nitrogen and oxygen atoms in total. The molecular weight excluding hydrogens is 363 g/mol. The van der Waals surface area contributed by atoms with Gasteiger partial charge in [0.15, 0.2) is 0 Å². The van der Waals surface area contributed by atoms with Gasteiger partial charge in [-0.2, -0.15) is 0 Å². The maximum Gasteiger partial charge on any atom is 0.228 e. The Morgan fingerprint density at radius 1 is 1.12 bits per heavy atom. The minimum Gasteiger partial charge on any atom is -0.495 e. The van der Waals surface area contributed by atoms with Crippen LogP contribution in [0.1, 0.15) is 5.56 Å². The minimum atomic E-state index is -0.182. The summed E-state index contributed by atoms with van der Waals surface area (Å²) in [6.45, 7) is 0. The number of aromatic amines is 1. The molecule has 1 aromatic heterocycles. The van der Waals surface area contributed by atoms with Crippen LogP contribution in [-0.4, -0.2) is 25.1 Å². The third kappa shape index (κ3) is 3.67. The Balaban J connectivity index is 1.82. The number of aromatic nitrogens is 1. The summed E-state index contributed by atoms with van der Waals surface area (Å²) >= 11 is 12.1. The van der Waals surface area contributed by atoms with Crippen LogP contribution in [0.15, 0.2) is 36.5 Å². The molecule has 1 heterocycles. The Labute approximate surface area is 154 Å². The summed E-state index contributed by atoms with van der Waals surface area (Å²) in [6.07, 6.45) is 2.01. The number of H-pyrrole nitrogens is 1. The average Bonchev–Trinajstić information content (AvgIpc) is 2.97. The Morgan fingerprint density at radius 2 is 1.88 bits per heavy atom. The van der Waals surface area contributed by atoms with Crippen molar-refractivity contribution in [2.75, 3.05) is 19.5 Å². The Bertz CT molecular complexity index is 937. The van der Waals surface area contributed by atoms with Crippen molar-refractivity contribution < 1.29 is 14.3 Å². The highest BCUT2D eigenvalue weighted by atomic mass is 35.5. The van der Waals surface area contributed by atoms with Gasteiger partial charge in [-0.1, -0.05) is 29.3 Å². The van der Waals surface area contributed by atoms with Crippen LogP contribution >= 0.6 is 23.2 Å². The number of halogens is 2. The summed E-state index contributed by atoms with van der Waals surface area (Å²) < 4.78 is 10.5. The lowest BCUT2D eigenvalue weighted by molar-refractivity contribution is -0.115. The van der Waals surface area contributed by atoms with Gasteiger partial charge in [-0.25, -0.2) is 0 Å². The van der Waals surface area contributed by atoms with Gasteiger partial charge >= 0.3 is 0 Å². The number of hydrogen-bond donors (Lipinski definition) is 2. The van der Waals surface area contributed by atoms with Crippen molar-refractivity contribution in [3.8, 4) is 11.5 Å². The number of hydrogen-bond acceptors (Lipinski definition) is 3. The molecule has 0 fully saturated rings. The van der Waals surface area contributed by atoms with Gasteiger partial charge in [0.1, 0.15) is 11.5 Å². The van der Waals surface area contributed by atoms with Crippen molar-refractivity contribution >= 4 is 45.7 Å². The molecule has 0 saturated carbocycles. The van der Waals surface area contributed by atoms with E-state index >= 15 is 0 Å².